The van der Waals surface area contributed by atoms with Crippen LogP contribution in [0.3, 0.4) is 0 Å². The average molecular weight is 473 g/mol. The van der Waals surface area contributed by atoms with Gasteiger partial charge >= 0.3 is 0 Å². The van der Waals surface area contributed by atoms with Crippen molar-refractivity contribution in [2.24, 2.45) is 50.2 Å². The van der Waals surface area contributed by atoms with Crippen LogP contribution in [-0.2, 0) is 4.74 Å². The van der Waals surface area contributed by atoms with Crippen LogP contribution in [0.25, 0.3) is 0 Å². The van der Waals surface area contributed by atoms with Gasteiger partial charge in [0.25, 0.3) is 0 Å². The highest BCUT2D eigenvalue weighted by Gasteiger charge is 2.69. The molecule has 5 aliphatic rings. The average Bonchev–Trinajstić information content (AvgIpc) is 2.77. The summed E-state index contributed by atoms with van der Waals surface area (Å²) in [5.41, 5.74) is 2.62. The van der Waals surface area contributed by atoms with Crippen molar-refractivity contribution in [2.45, 2.75) is 118 Å². The second kappa shape index (κ2) is 7.57. The van der Waals surface area contributed by atoms with Crippen LogP contribution >= 0.6 is 0 Å². The summed E-state index contributed by atoms with van der Waals surface area (Å²) in [4.78, 5) is 0. The van der Waals surface area contributed by atoms with E-state index in [0.29, 0.717) is 29.3 Å². The van der Waals surface area contributed by atoms with Crippen LogP contribution in [0.4, 0.5) is 0 Å². The van der Waals surface area contributed by atoms with Gasteiger partial charge in [0.05, 0.1) is 18.8 Å². The van der Waals surface area contributed by atoms with Gasteiger partial charge in [-0.15, -0.1) is 0 Å². The van der Waals surface area contributed by atoms with E-state index in [0.717, 1.165) is 25.7 Å². The lowest BCUT2D eigenvalue weighted by atomic mass is 9.33. The van der Waals surface area contributed by atoms with Gasteiger partial charge in [-0.1, -0.05) is 60.1 Å². The molecule has 3 heteroatoms. The number of aliphatic hydroxyl groups excluding tert-OH is 2. The van der Waals surface area contributed by atoms with E-state index >= 15 is 0 Å². The second-order valence-electron chi connectivity index (χ2n) is 15.4. The minimum absolute atomic E-state index is 0.101. The van der Waals surface area contributed by atoms with Crippen molar-refractivity contribution in [1.29, 1.82) is 0 Å². The second-order valence-corrected chi connectivity index (χ2v) is 15.4. The van der Waals surface area contributed by atoms with Gasteiger partial charge in [0.15, 0.2) is 0 Å². The normalized spacial score (nSPS) is 56.4. The molecule has 34 heavy (non-hydrogen) atoms. The van der Waals surface area contributed by atoms with Gasteiger partial charge < -0.3 is 14.9 Å². The molecule has 0 aliphatic heterocycles. The van der Waals surface area contributed by atoms with E-state index in [1.807, 2.05) is 7.11 Å². The van der Waals surface area contributed by atoms with Crippen LogP contribution < -0.4 is 0 Å². The van der Waals surface area contributed by atoms with E-state index in [1.165, 1.54) is 32.1 Å². The zero-order valence-electron chi connectivity index (χ0n) is 23.3. The van der Waals surface area contributed by atoms with Gasteiger partial charge in [-0.2, -0.15) is 0 Å². The lowest BCUT2D eigenvalue weighted by molar-refractivity contribution is -0.219. The molecular weight excluding hydrogens is 420 g/mol. The van der Waals surface area contributed by atoms with Gasteiger partial charge in [-0.25, -0.2) is 0 Å². The van der Waals surface area contributed by atoms with Crippen LogP contribution in [0.1, 0.15) is 106 Å². The molecule has 4 saturated carbocycles. The van der Waals surface area contributed by atoms with Crippen molar-refractivity contribution in [3.8, 4) is 0 Å². The summed E-state index contributed by atoms with van der Waals surface area (Å²) in [7, 11) is 1.94. The number of methoxy groups -OCH3 is 1. The zero-order valence-corrected chi connectivity index (χ0v) is 23.3. The Morgan fingerprint density at radius 2 is 1.59 bits per heavy atom. The first-order valence-electron chi connectivity index (χ1n) is 14.2. The van der Waals surface area contributed by atoms with E-state index < -0.39 is 0 Å². The summed E-state index contributed by atoms with van der Waals surface area (Å²) in [6, 6.07) is 0. The van der Waals surface area contributed by atoms with E-state index in [-0.39, 0.29) is 39.8 Å². The zero-order chi connectivity index (χ0) is 24.9. The molecule has 4 fully saturated rings. The predicted molar refractivity (Wildman–Crippen MR) is 138 cm³/mol. The van der Waals surface area contributed by atoms with Crippen molar-refractivity contribution in [2.75, 3.05) is 13.7 Å². The fourth-order valence-corrected chi connectivity index (χ4v) is 11.0. The standard InChI is InChI=1S/C31H52O3/c1-26(2)17-21-20-9-10-23-28(4)13-12-24(33)29(5,19-32)22(28)11-14-31(23,7)30(20,6)16-15-27(21,3)25(18-26)34-8/h9,21-25,32-33H,10-19H2,1-8H3/t21-,22?,23?,24-,25+,27+,28-,29+,30+,31+/m0/s1. The number of fused-ring (bicyclic) bond motifs is 7. The Kier molecular flexibility index (Phi) is 5.63. The van der Waals surface area contributed by atoms with Crippen molar-refractivity contribution >= 4 is 0 Å². The van der Waals surface area contributed by atoms with Crippen molar-refractivity contribution in [1.82, 2.24) is 0 Å². The van der Waals surface area contributed by atoms with Crippen LogP contribution in [0.2, 0.25) is 0 Å². The maximum Gasteiger partial charge on any atom is 0.0635 e. The van der Waals surface area contributed by atoms with Crippen molar-refractivity contribution in [3.63, 3.8) is 0 Å². The monoisotopic (exact) mass is 472 g/mol. The van der Waals surface area contributed by atoms with Crippen molar-refractivity contribution < 1.29 is 14.9 Å². The van der Waals surface area contributed by atoms with Gasteiger partial charge in [-0.05, 0) is 97.2 Å². The number of rotatable bonds is 2. The third-order valence-corrected chi connectivity index (χ3v) is 13.5. The fourth-order valence-electron chi connectivity index (χ4n) is 11.0. The van der Waals surface area contributed by atoms with Gasteiger partial charge in [0, 0.05) is 17.9 Å². The molecule has 3 nitrogen and oxygen atoms in total. The number of hydrogen-bond acceptors (Lipinski definition) is 3. The molecule has 5 rings (SSSR count). The van der Waals surface area contributed by atoms with E-state index in [2.05, 4.69) is 54.5 Å². The molecule has 0 aromatic heterocycles. The maximum absolute atomic E-state index is 11.0. The SMILES string of the molecule is CO[C@@H]1CC(C)(C)C[C@H]2C3=CCC4[C@@]5(C)CC[C@H](O)[C@](C)(CO)C5CC[C@@]4(C)[C@]3(C)CC[C@@]12C. The predicted octanol–water partition coefficient (Wildman–Crippen LogP) is 6.77. The smallest absolute Gasteiger partial charge is 0.0635 e. The number of allylic oxidation sites excluding steroid dienone is 2. The summed E-state index contributed by atoms with van der Waals surface area (Å²) >= 11 is 0. The lowest BCUT2D eigenvalue weighted by Crippen LogP contribution is -2.66. The highest BCUT2D eigenvalue weighted by atomic mass is 16.5. The molecule has 10 atom stereocenters. The molecule has 0 saturated heterocycles. The summed E-state index contributed by atoms with van der Waals surface area (Å²) < 4.78 is 6.20. The Labute approximate surface area is 209 Å². The van der Waals surface area contributed by atoms with Crippen LogP contribution in [0.5, 0.6) is 0 Å². The van der Waals surface area contributed by atoms with E-state index in [9.17, 15) is 10.2 Å². The molecule has 2 unspecified atom stereocenters. The minimum Gasteiger partial charge on any atom is -0.396 e. The van der Waals surface area contributed by atoms with Gasteiger partial charge in [0.1, 0.15) is 0 Å². The molecule has 0 aromatic rings. The molecule has 5 aliphatic carbocycles. The Hall–Kier alpha value is -0.380. The summed E-state index contributed by atoms with van der Waals surface area (Å²) in [6.07, 6.45) is 13.1. The Morgan fingerprint density at radius 1 is 0.882 bits per heavy atom. The first-order chi connectivity index (χ1) is 15.7. The fraction of sp³-hybridized carbons (Fsp3) is 0.935. The molecule has 0 bridgehead atoms. The lowest BCUT2D eigenvalue weighted by Gasteiger charge is -2.71. The molecular formula is C31H52O3. The summed E-state index contributed by atoms with van der Waals surface area (Å²) in [5.74, 6) is 1.62. The first-order valence-corrected chi connectivity index (χ1v) is 14.2. The van der Waals surface area contributed by atoms with E-state index in [1.54, 1.807) is 5.57 Å². The van der Waals surface area contributed by atoms with Crippen LogP contribution in [-0.4, -0.2) is 36.1 Å². The molecule has 0 aromatic carbocycles. The largest absolute Gasteiger partial charge is 0.396 e. The molecule has 0 radical (unpaired) electrons. The Balaban J connectivity index is 1.58. The van der Waals surface area contributed by atoms with Gasteiger partial charge in [-0.3, -0.25) is 0 Å². The van der Waals surface area contributed by atoms with Crippen LogP contribution in [0.15, 0.2) is 11.6 Å². The molecule has 0 amide bonds. The highest BCUT2D eigenvalue weighted by molar-refractivity contribution is 5.34. The number of aliphatic hydroxyl groups is 2. The summed E-state index contributed by atoms with van der Waals surface area (Å²) in [5, 5.41) is 21.4. The molecule has 0 heterocycles. The van der Waals surface area contributed by atoms with Gasteiger partial charge in [0.2, 0.25) is 0 Å². The maximum atomic E-state index is 11.0. The third-order valence-electron chi connectivity index (χ3n) is 13.5. The van der Waals surface area contributed by atoms with Crippen LogP contribution in [0, 0.1) is 50.2 Å². The first kappa shape index (κ1) is 25.3. The molecule has 194 valence electrons. The third kappa shape index (κ3) is 2.99. The topological polar surface area (TPSA) is 49.7 Å². The molecule has 0 spiro atoms. The van der Waals surface area contributed by atoms with Crippen molar-refractivity contribution in [3.05, 3.63) is 11.6 Å². The minimum atomic E-state index is -0.379. The molecule has 2 N–H and O–H groups in total. The Morgan fingerprint density at radius 3 is 2.24 bits per heavy atom. The number of hydrogen-bond donors (Lipinski definition) is 2. The van der Waals surface area contributed by atoms with E-state index in [4.69, 9.17) is 4.74 Å². The quantitative estimate of drug-likeness (QED) is 0.436. The highest BCUT2D eigenvalue weighted by Crippen LogP contribution is 2.75. The summed E-state index contributed by atoms with van der Waals surface area (Å²) in [6.45, 7) is 17.5. The number of ether oxygens (including phenoxy) is 1. The Bertz CT molecular complexity index is 863.